The standard InChI is InChI=1S/C13H18BrN3OS/c1-4-17(8-11(18)16(2)3)10-7-5-6-9(14)12(10)13(15)19/h5-7H,4,8H2,1-3H3,(H2,15,19). The number of amides is 1. The van der Waals surface area contributed by atoms with E-state index < -0.39 is 0 Å². The average Bonchev–Trinajstić information content (AvgIpc) is 2.34. The Bertz CT molecular complexity index is 491. The molecular formula is C13H18BrN3OS. The third-order valence-corrected chi connectivity index (χ3v) is 3.65. The SMILES string of the molecule is CCN(CC(=O)N(C)C)c1cccc(Br)c1C(N)=S. The monoisotopic (exact) mass is 343 g/mol. The van der Waals surface area contributed by atoms with Crippen LogP contribution < -0.4 is 10.6 Å². The van der Waals surface area contributed by atoms with Crippen molar-refractivity contribution in [1.29, 1.82) is 0 Å². The maximum Gasteiger partial charge on any atom is 0.241 e. The van der Waals surface area contributed by atoms with E-state index in [0.717, 1.165) is 15.7 Å². The molecule has 104 valence electrons. The average molecular weight is 344 g/mol. The van der Waals surface area contributed by atoms with Crippen molar-refractivity contribution in [2.45, 2.75) is 6.92 Å². The van der Waals surface area contributed by atoms with Crippen molar-refractivity contribution in [1.82, 2.24) is 4.90 Å². The number of hydrogen-bond acceptors (Lipinski definition) is 3. The van der Waals surface area contributed by atoms with E-state index in [4.69, 9.17) is 18.0 Å². The molecule has 19 heavy (non-hydrogen) atoms. The lowest BCUT2D eigenvalue weighted by atomic mass is 10.1. The molecule has 0 heterocycles. The Morgan fingerprint density at radius 1 is 1.42 bits per heavy atom. The van der Waals surface area contributed by atoms with Gasteiger partial charge in [-0.1, -0.05) is 18.3 Å². The van der Waals surface area contributed by atoms with E-state index in [-0.39, 0.29) is 5.91 Å². The van der Waals surface area contributed by atoms with Gasteiger partial charge in [0.15, 0.2) is 0 Å². The second-order valence-electron chi connectivity index (χ2n) is 4.30. The Kier molecular flexibility index (Phi) is 5.75. The summed E-state index contributed by atoms with van der Waals surface area (Å²) < 4.78 is 0.841. The van der Waals surface area contributed by atoms with Gasteiger partial charge in [0.1, 0.15) is 4.99 Å². The van der Waals surface area contributed by atoms with Gasteiger partial charge in [-0.05, 0) is 35.0 Å². The molecule has 0 aliphatic rings. The first-order valence-electron chi connectivity index (χ1n) is 5.91. The molecule has 1 aromatic rings. The van der Waals surface area contributed by atoms with Crippen LogP contribution in [0.1, 0.15) is 12.5 Å². The minimum Gasteiger partial charge on any atom is -0.389 e. The summed E-state index contributed by atoms with van der Waals surface area (Å²) in [5.41, 5.74) is 7.42. The van der Waals surface area contributed by atoms with Crippen molar-refractivity contribution in [3.8, 4) is 0 Å². The molecule has 0 aliphatic carbocycles. The van der Waals surface area contributed by atoms with Gasteiger partial charge in [0, 0.05) is 36.4 Å². The molecule has 0 spiro atoms. The lowest BCUT2D eigenvalue weighted by Gasteiger charge is -2.26. The van der Waals surface area contributed by atoms with Crippen LogP contribution in [0.2, 0.25) is 0 Å². The summed E-state index contributed by atoms with van der Waals surface area (Å²) in [4.78, 5) is 15.7. The van der Waals surface area contributed by atoms with Gasteiger partial charge in [-0.3, -0.25) is 4.79 Å². The molecule has 6 heteroatoms. The fraction of sp³-hybridized carbons (Fsp3) is 0.385. The minimum atomic E-state index is 0.0377. The van der Waals surface area contributed by atoms with Crippen molar-refractivity contribution in [2.75, 3.05) is 32.1 Å². The fourth-order valence-electron chi connectivity index (χ4n) is 1.69. The van der Waals surface area contributed by atoms with Gasteiger partial charge in [0.25, 0.3) is 0 Å². The van der Waals surface area contributed by atoms with Crippen molar-refractivity contribution in [3.05, 3.63) is 28.2 Å². The van der Waals surface area contributed by atoms with E-state index in [1.54, 1.807) is 19.0 Å². The molecule has 0 aliphatic heterocycles. The summed E-state index contributed by atoms with van der Waals surface area (Å²) in [6.45, 7) is 2.99. The second-order valence-corrected chi connectivity index (χ2v) is 5.59. The number of benzene rings is 1. The molecule has 1 aromatic carbocycles. The van der Waals surface area contributed by atoms with E-state index in [1.807, 2.05) is 30.0 Å². The normalized spacial score (nSPS) is 10.1. The Morgan fingerprint density at radius 2 is 2.05 bits per heavy atom. The maximum absolute atomic E-state index is 11.9. The van der Waals surface area contributed by atoms with Crippen LogP contribution in [-0.4, -0.2) is 43.0 Å². The number of anilines is 1. The van der Waals surface area contributed by atoms with Gasteiger partial charge < -0.3 is 15.5 Å². The van der Waals surface area contributed by atoms with E-state index in [1.165, 1.54) is 0 Å². The molecular weight excluding hydrogens is 326 g/mol. The molecule has 1 amide bonds. The lowest BCUT2D eigenvalue weighted by Crippen LogP contribution is -2.37. The first kappa shape index (κ1) is 15.9. The number of hydrogen-bond donors (Lipinski definition) is 1. The highest BCUT2D eigenvalue weighted by Crippen LogP contribution is 2.27. The van der Waals surface area contributed by atoms with E-state index >= 15 is 0 Å². The van der Waals surface area contributed by atoms with Crippen LogP contribution in [0.3, 0.4) is 0 Å². The van der Waals surface area contributed by atoms with Crippen LogP contribution in [-0.2, 0) is 4.79 Å². The minimum absolute atomic E-state index is 0.0377. The predicted octanol–water partition coefficient (Wildman–Crippen LogP) is 2.00. The molecule has 0 unspecified atom stereocenters. The first-order chi connectivity index (χ1) is 8.88. The van der Waals surface area contributed by atoms with E-state index in [9.17, 15) is 4.79 Å². The third-order valence-electron chi connectivity index (χ3n) is 2.79. The van der Waals surface area contributed by atoms with Crippen LogP contribution in [0.15, 0.2) is 22.7 Å². The molecule has 2 N–H and O–H groups in total. The molecule has 1 rings (SSSR count). The number of nitrogens with two attached hydrogens (primary N) is 1. The summed E-state index contributed by atoms with van der Waals surface area (Å²) in [6.07, 6.45) is 0. The maximum atomic E-state index is 11.9. The zero-order chi connectivity index (χ0) is 14.6. The quantitative estimate of drug-likeness (QED) is 0.830. The summed E-state index contributed by atoms with van der Waals surface area (Å²) in [5.74, 6) is 0.0377. The molecule has 0 radical (unpaired) electrons. The Labute approximate surface area is 127 Å². The number of carbonyl (C=O) groups is 1. The van der Waals surface area contributed by atoms with Crippen molar-refractivity contribution in [2.24, 2.45) is 5.73 Å². The molecule has 0 saturated heterocycles. The Balaban J connectivity index is 3.15. The lowest BCUT2D eigenvalue weighted by molar-refractivity contribution is -0.127. The van der Waals surface area contributed by atoms with E-state index in [0.29, 0.717) is 18.1 Å². The van der Waals surface area contributed by atoms with Crippen molar-refractivity contribution >= 4 is 44.7 Å². The number of carbonyl (C=O) groups excluding carboxylic acids is 1. The van der Waals surface area contributed by atoms with Gasteiger partial charge in [-0.25, -0.2) is 0 Å². The number of nitrogens with zero attached hydrogens (tertiary/aromatic N) is 2. The molecule has 0 saturated carbocycles. The molecule has 0 bridgehead atoms. The summed E-state index contributed by atoms with van der Waals surface area (Å²) in [5, 5.41) is 0. The summed E-state index contributed by atoms with van der Waals surface area (Å²) in [6, 6.07) is 5.72. The van der Waals surface area contributed by atoms with Crippen LogP contribution in [0, 0.1) is 0 Å². The highest BCUT2D eigenvalue weighted by molar-refractivity contribution is 9.10. The number of likely N-dealkylation sites (N-methyl/N-ethyl adjacent to an activating group) is 2. The van der Waals surface area contributed by atoms with Crippen LogP contribution in [0.5, 0.6) is 0 Å². The largest absolute Gasteiger partial charge is 0.389 e. The number of thiocarbonyl (C=S) groups is 1. The number of halogens is 1. The second kappa shape index (κ2) is 6.86. The van der Waals surface area contributed by atoms with Crippen molar-refractivity contribution in [3.63, 3.8) is 0 Å². The van der Waals surface area contributed by atoms with Gasteiger partial charge in [0.2, 0.25) is 5.91 Å². The summed E-state index contributed by atoms with van der Waals surface area (Å²) in [7, 11) is 3.48. The molecule has 4 nitrogen and oxygen atoms in total. The van der Waals surface area contributed by atoms with Crippen LogP contribution >= 0.6 is 28.1 Å². The highest BCUT2D eigenvalue weighted by Gasteiger charge is 2.17. The summed E-state index contributed by atoms with van der Waals surface area (Å²) >= 11 is 8.55. The van der Waals surface area contributed by atoms with Gasteiger partial charge in [0.05, 0.1) is 6.54 Å². The van der Waals surface area contributed by atoms with Crippen molar-refractivity contribution < 1.29 is 4.79 Å². The topological polar surface area (TPSA) is 49.6 Å². The molecule has 0 atom stereocenters. The Morgan fingerprint density at radius 3 is 2.53 bits per heavy atom. The highest BCUT2D eigenvalue weighted by atomic mass is 79.9. The fourth-order valence-corrected chi connectivity index (χ4v) is 2.61. The van der Waals surface area contributed by atoms with E-state index in [2.05, 4.69) is 15.9 Å². The number of rotatable bonds is 5. The van der Waals surface area contributed by atoms with Crippen LogP contribution in [0.4, 0.5) is 5.69 Å². The zero-order valence-electron chi connectivity index (χ0n) is 11.3. The van der Waals surface area contributed by atoms with Gasteiger partial charge in [-0.15, -0.1) is 0 Å². The van der Waals surface area contributed by atoms with Gasteiger partial charge in [-0.2, -0.15) is 0 Å². The zero-order valence-corrected chi connectivity index (χ0v) is 13.7. The van der Waals surface area contributed by atoms with Crippen LogP contribution in [0.25, 0.3) is 0 Å². The Hall–Kier alpha value is -1.14. The predicted molar refractivity (Wildman–Crippen MR) is 86.6 cm³/mol. The molecule has 0 fully saturated rings. The van der Waals surface area contributed by atoms with Gasteiger partial charge >= 0.3 is 0 Å². The smallest absolute Gasteiger partial charge is 0.241 e. The first-order valence-corrected chi connectivity index (χ1v) is 7.12. The molecule has 0 aromatic heterocycles. The third kappa shape index (κ3) is 3.91.